The molecule has 1 aromatic heterocycles. The Bertz CT molecular complexity index is 410. The maximum absolute atomic E-state index is 11.5. The Morgan fingerprint density at radius 3 is 2.89 bits per heavy atom. The van der Waals surface area contributed by atoms with Crippen LogP contribution in [0.15, 0.2) is 6.33 Å². The molecule has 0 bridgehead atoms. The van der Waals surface area contributed by atoms with Crippen LogP contribution in [0, 0.1) is 5.41 Å². The summed E-state index contributed by atoms with van der Waals surface area (Å²) in [5, 5.41) is 17.4. The van der Waals surface area contributed by atoms with E-state index in [9.17, 15) is 9.90 Å². The van der Waals surface area contributed by atoms with Crippen molar-refractivity contribution in [2.45, 2.75) is 38.6 Å². The zero-order valence-electron chi connectivity index (χ0n) is 10.6. The molecule has 0 amide bonds. The number of hydrogen-bond acceptors (Lipinski definition) is 4. The SMILES string of the molecule is COCCn1cnnc1CC1(C(=O)O)CCCC1. The molecule has 18 heavy (non-hydrogen) atoms. The van der Waals surface area contributed by atoms with Crippen molar-refractivity contribution in [1.29, 1.82) is 0 Å². The Kier molecular flexibility index (Phi) is 3.96. The monoisotopic (exact) mass is 253 g/mol. The van der Waals surface area contributed by atoms with Gasteiger partial charge in [-0.15, -0.1) is 10.2 Å². The van der Waals surface area contributed by atoms with Crippen molar-refractivity contribution >= 4 is 5.97 Å². The van der Waals surface area contributed by atoms with Crippen molar-refractivity contribution in [2.75, 3.05) is 13.7 Å². The summed E-state index contributed by atoms with van der Waals surface area (Å²) in [4.78, 5) is 11.5. The van der Waals surface area contributed by atoms with Crippen molar-refractivity contribution < 1.29 is 14.6 Å². The molecule has 1 aliphatic carbocycles. The summed E-state index contributed by atoms with van der Waals surface area (Å²) in [7, 11) is 1.64. The van der Waals surface area contributed by atoms with E-state index in [0.717, 1.165) is 31.5 Å². The molecule has 0 spiro atoms. The number of rotatable bonds is 6. The first kappa shape index (κ1) is 13.0. The van der Waals surface area contributed by atoms with Crippen molar-refractivity contribution in [2.24, 2.45) is 5.41 Å². The number of carbonyl (C=O) groups is 1. The zero-order chi connectivity index (χ0) is 13.0. The molecule has 1 saturated carbocycles. The summed E-state index contributed by atoms with van der Waals surface area (Å²) in [5.41, 5.74) is -0.641. The summed E-state index contributed by atoms with van der Waals surface area (Å²) in [6.45, 7) is 1.24. The van der Waals surface area contributed by atoms with Gasteiger partial charge in [0.25, 0.3) is 0 Å². The van der Waals surface area contributed by atoms with Gasteiger partial charge in [0.2, 0.25) is 0 Å². The smallest absolute Gasteiger partial charge is 0.310 e. The predicted molar refractivity (Wildman–Crippen MR) is 64.1 cm³/mol. The van der Waals surface area contributed by atoms with Crippen LogP contribution in [0.1, 0.15) is 31.5 Å². The van der Waals surface area contributed by atoms with E-state index < -0.39 is 11.4 Å². The van der Waals surface area contributed by atoms with Gasteiger partial charge in [0.05, 0.1) is 12.0 Å². The third kappa shape index (κ3) is 2.53. The fourth-order valence-corrected chi connectivity index (χ4v) is 2.61. The maximum Gasteiger partial charge on any atom is 0.310 e. The van der Waals surface area contributed by atoms with Gasteiger partial charge in [-0.2, -0.15) is 0 Å². The lowest BCUT2D eigenvalue weighted by Crippen LogP contribution is -2.31. The lowest BCUT2D eigenvalue weighted by molar-refractivity contribution is -0.148. The van der Waals surface area contributed by atoms with Gasteiger partial charge >= 0.3 is 5.97 Å². The van der Waals surface area contributed by atoms with Crippen LogP contribution >= 0.6 is 0 Å². The average molecular weight is 253 g/mol. The second-order valence-corrected chi connectivity index (χ2v) is 4.90. The minimum atomic E-state index is -0.707. The molecule has 1 aliphatic rings. The number of hydrogen-bond donors (Lipinski definition) is 1. The Morgan fingerprint density at radius 1 is 1.56 bits per heavy atom. The first-order valence-electron chi connectivity index (χ1n) is 6.27. The van der Waals surface area contributed by atoms with Gasteiger partial charge in [-0.05, 0) is 12.8 Å². The fourth-order valence-electron chi connectivity index (χ4n) is 2.61. The summed E-state index contributed by atoms with van der Waals surface area (Å²) < 4.78 is 6.90. The highest BCUT2D eigenvalue weighted by atomic mass is 16.5. The van der Waals surface area contributed by atoms with Gasteiger partial charge in [0.1, 0.15) is 12.2 Å². The van der Waals surface area contributed by atoms with E-state index >= 15 is 0 Å². The second-order valence-electron chi connectivity index (χ2n) is 4.90. The largest absolute Gasteiger partial charge is 0.481 e. The van der Waals surface area contributed by atoms with E-state index in [2.05, 4.69) is 10.2 Å². The van der Waals surface area contributed by atoms with Gasteiger partial charge in [0, 0.05) is 20.1 Å². The Labute approximate surface area is 106 Å². The molecule has 100 valence electrons. The first-order chi connectivity index (χ1) is 8.68. The van der Waals surface area contributed by atoms with Crippen LogP contribution in [-0.4, -0.2) is 39.6 Å². The molecule has 1 aromatic rings. The highest BCUT2D eigenvalue weighted by molar-refractivity contribution is 5.75. The van der Waals surface area contributed by atoms with E-state index in [1.54, 1.807) is 13.4 Å². The molecule has 0 unspecified atom stereocenters. The highest BCUT2D eigenvalue weighted by Gasteiger charge is 2.42. The Balaban J connectivity index is 2.12. The molecule has 1 N–H and O–H groups in total. The van der Waals surface area contributed by atoms with Crippen molar-refractivity contribution in [3.63, 3.8) is 0 Å². The molecule has 1 heterocycles. The molecular formula is C12H19N3O3. The van der Waals surface area contributed by atoms with E-state index in [4.69, 9.17) is 4.74 Å². The minimum absolute atomic E-state index is 0.464. The third-order valence-corrected chi connectivity index (χ3v) is 3.74. The van der Waals surface area contributed by atoms with E-state index in [1.165, 1.54) is 0 Å². The van der Waals surface area contributed by atoms with Gasteiger partial charge in [-0.3, -0.25) is 4.79 Å². The molecule has 1 fully saturated rings. The molecule has 0 radical (unpaired) electrons. The zero-order valence-corrected chi connectivity index (χ0v) is 10.6. The first-order valence-corrected chi connectivity index (χ1v) is 6.27. The van der Waals surface area contributed by atoms with Crippen LogP contribution in [0.2, 0.25) is 0 Å². The van der Waals surface area contributed by atoms with Crippen molar-refractivity contribution in [3.8, 4) is 0 Å². The van der Waals surface area contributed by atoms with Crippen LogP contribution in [-0.2, 0) is 22.5 Å². The Morgan fingerprint density at radius 2 is 2.28 bits per heavy atom. The van der Waals surface area contributed by atoms with Gasteiger partial charge in [-0.1, -0.05) is 12.8 Å². The number of aliphatic carboxylic acids is 1. The standard InChI is InChI=1S/C12H19N3O3/c1-18-7-6-15-9-13-14-10(15)8-12(11(16)17)4-2-3-5-12/h9H,2-8H2,1H3,(H,16,17). The fraction of sp³-hybridized carbons (Fsp3) is 0.750. The highest BCUT2D eigenvalue weighted by Crippen LogP contribution is 2.40. The summed E-state index contributed by atoms with van der Waals surface area (Å²) in [6.07, 6.45) is 5.54. The number of carboxylic acids is 1. The topological polar surface area (TPSA) is 77.2 Å². The normalized spacial score (nSPS) is 18.1. The van der Waals surface area contributed by atoms with Crippen LogP contribution in [0.25, 0.3) is 0 Å². The molecule has 6 nitrogen and oxygen atoms in total. The number of aromatic nitrogens is 3. The molecular weight excluding hydrogens is 234 g/mol. The molecule has 0 saturated heterocycles. The lowest BCUT2D eigenvalue weighted by Gasteiger charge is -2.23. The number of carboxylic acid groups (broad SMARTS) is 1. The predicted octanol–water partition coefficient (Wildman–Crippen LogP) is 1.11. The van der Waals surface area contributed by atoms with Crippen LogP contribution in [0.3, 0.4) is 0 Å². The van der Waals surface area contributed by atoms with Gasteiger partial charge in [0.15, 0.2) is 0 Å². The molecule has 0 aliphatic heterocycles. The maximum atomic E-state index is 11.5. The summed E-state index contributed by atoms with van der Waals surface area (Å²) in [5.74, 6) is 0.0395. The summed E-state index contributed by atoms with van der Waals surface area (Å²) in [6, 6.07) is 0. The average Bonchev–Trinajstić information content (AvgIpc) is 2.97. The van der Waals surface area contributed by atoms with Crippen molar-refractivity contribution in [1.82, 2.24) is 14.8 Å². The van der Waals surface area contributed by atoms with Gasteiger partial charge in [-0.25, -0.2) is 0 Å². The lowest BCUT2D eigenvalue weighted by atomic mass is 9.82. The second kappa shape index (κ2) is 5.48. The van der Waals surface area contributed by atoms with Crippen LogP contribution in [0.5, 0.6) is 0 Å². The molecule has 2 rings (SSSR count). The van der Waals surface area contributed by atoms with E-state index in [1.807, 2.05) is 4.57 Å². The number of ether oxygens (including phenoxy) is 1. The molecule has 0 atom stereocenters. The van der Waals surface area contributed by atoms with E-state index in [0.29, 0.717) is 19.6 Å². The van der Waals surface area contributed by atoms with E-state index in [-0.39, 0.29) is 0 Å². The third-order valence-electron chi connectivity index (χ3n) is 3.74. The van der Waals surface area contributed by atoms with Crippen LogP contribution in [0.4, 0.5) is 0 Å². The quantitative estimate of drug-likeness (QED) is 0.821. The Hall–Kier alpha value is -1.43. The van der Waals surface area contributed by atoms with Crippen molar-refractivity contribution in [3.05, 3.63) is 12.2 Å². The number of methoxy groups -OCH3 is 1. The molecule has 6 heteroatoms. The molecule has 0 aromatic carbocycles. The number of nitrogens with zero attached hydrogens (tertiary/aromatic N) is 3. The summed E-state index contributed by atoms with van der Waals surface area (Å²) >= 11 is 0. The van der Waals surface area contributed by atoms with Gasteiger partial charge < -0.3 is 14.4 Å². The van der Waals surface area contributed by atoms with Crippen LogP contribution < -0.4 is 0 Å². The minimum Gasteiger partial charge on any atom is -0.481 e.